The summed E-state index contributed by atoms with van der Waals surface area (Å²) in [6.07, 6.45) is 6.98. The van der Waals surface area contributed by atoms with Crippen LogP contribution in [0.3, 0.4) is 0 Å². The molecule has 0 unspecified atom stereocenters. The van der Waals surface area contributed by atoms with E-state index in [1.807, 2.05) is 0 Å². The van der Waals surface area contributed by atoms with Crippen LogP contribution < -0.4 is 15.5 Å². The molecule has 0 aromatic heterocycles. The molecule has 0 bridgehead atoms. The van der Waals surface area contributed by atoms with E-state index in [4.69, 9.17) is 16.3 Å². The van der Waals surface area contributed by atoms with Crippen LogP contribution in [0.1, 0.15) is 48.0 Å². The molecule has 9 nitrogen and oxygen atoms in total. The van der Waals surface area contributed by atoms with Gasteiger partial charge in [-0.25, -0.2) is 5.43 Å². The number of amides is 2. The molecule has 1 saturated carbocycles. The number of nitrogens with zero attached hydrogens (tertiary/aromatic N) is 2. The van der Waals surface area contributed by atoms with E-state index < -0.39 is 10.8 Å². The first-order valence-corrected chi connectivity index (χ1v) is 10.6. The van der Waals surface area contributed by atoms with Crippen molar-refractivity contribution in [3.8, 4) is 5.75 Å². The zero-order chi connectivity index (χ0) is 22.9. The Bertz CT molecular complexity index is 1000. The Hall–Kier alpha value is -3.46. The molecule has 2 N–H and O–H groups in total. The number of carbonyl (C=O) groups is 2. The minimum absolute atomic E-state index is 0.0484. The Morgan fingerprint density at radius 2 is 1.88 bits per heavy atom. The van der Waals surface area contributed by atoms with E-state index in [1.54, 1.807) is 24.3 Å². The molecule has 2 aromatic rings. The number of nitrogens with one attached hydrogen (secondary N) is 2. The van der Waals surface area contributed by atoms with Gasteiger partial charge in [-0.3, -0.25) is 19.7 Å². The average molecular weight is 459 g/mol. The first-order chi connectivity index (χ1) is 15.4. The molecule has 0 radical (unpaired) electrons. The largest absolute Gasteiger partial charge is 0.484 e. The average Bonchev–Trinajstić information content (AvgIpc) is 2.79. The Kier molecular flexibility index (Phi) is 8.15. The summed E-state index contributed by atoms with van der Waals surface area (Å²) in [7, 11) is 0. The monoisotopic (exact) mass is 458 g/mol. The fourth-order valence-corrected chi connectivity index (χ4v) is 3.53. The van der Waals surface area contributed by atoms with E-state index in [0.29, 0.717) is 11.3 Å². The van der Waals surface area contributed by atoms with Crippen LogP contribution in [-0.4, -0.2) is 35.6 Å². The van der Waals surface area contributed by atoms with E-state index in [1.165, 1.54) is 24.8 Å². The lowest BCUT2D eigenvalue weighted by atomic mass is 9.95. The van der Waals surface area contributed by atoms with Crippen LogP contribution in [0.15, 0.2) is 47.6 Å². The maximum atomic E-state index is 12.1. The molecule has 0 atom stereocenters. The van der Waals surface area contributed by atoms with Crippen molar-refractivity contribution in [2.45, 2.75) is 38.1 Å². The van der Waals surface area contributed by atoms with Crippen molar-refractivity contribution in [3.63, 3.8) is 0 Å². The van der Waals surface area contributed by atoms with Gasteiger partial charge in [-0.05, 0) is 54.8 Å². The SMILES string of the molecule is O=C(COc1ccc(/C=N\NC(=O)c2ccc(Cl)c([N+](=O)[O-])c2)cc1)NC1CCCCC1. The Morgan fingerprint density at radius 3 is 2.56 bits per heavy atom. The van der Waals surface area contributed by atoms with Crippen LogP contribution in [0.4, 0.5) is 5.69 Å². The molecular weight excluding hydrogens is 436 g/mol. The molecule has 1 fully saturated rings. The first kappa shape index (κ1) is 23.2. The molecule has 1 aliphatic carbocycles. The molecule has 10 heteroatoms. The Labute approximate surface area is 189 Å². The summed E-state index contributed by atoms with van der Waals surface area (Å²) in [6, 6.07) is 10.8. The predicted octanol–water partition coefficient (Wildman–Crippen LogP) is 3.84. The third-order valence-electron chi connectivity index (χ3n) is 5.01. The lowest BCUT2D eigenvalue weighted by Gasteiger charge is -2.22. The first-order valence-electron chi connectivity index (χ1n) is 10.2. The van der Waals surface area contributed by atoms with Gasteiger partial charge in [0.25, 0.3) is 17.5 Å². The molecule has 2 amide bonds. The van der Waals surface area contributed by atoms with Crippen LogP contribution >= 0.6 is 11.6 Å². The number of hydrazone groups is 1. The number of nitro groups is 1. The fourth-order valence-electron chi connectivity index (χ4n) is 3.34. The highest BCUT2D eigenvalue weighted by atomic mass is 35.5. The van der Waals surface area contributed by atoms with Crippen LogP contribution in [-0.2, 0) is 4.79 Å². The topological polar surface area (TPSA) is 123 Å². The summed E-state index contributed by atoms with van der Waals surface area (Å²) in [5.74, 6) is -0.198. The quantitative estimate of drug-likeness (QED) is 0.353. The van der Waals surface area contributed by atoms with Crippen molar-refractivity contribution in [2.24, 2.45) is 5.10 Å². The number of nitro benzene ring substituents is 1. The molecular formula is C22H23ClN4O5. The predicted molar refractivity (Wildman–Crippen MR) is 120 cm³/mol. The van der Waals surface area contributed by atoms with Crippen molar-refractivity contribution in [1.82, 2.24) is 10.7 Å². The molecule has 2 aromatic carbocycles. The molecule has 3 rings (SSSR count). The number of rotatable bonds is 8. The maximum Gasteiger partial charge on any atom is 0.288 e. The Morgan fingerprint density at radius 1 is 1.16 bits per heavy atom. The van der Waals surface area contributed by atoms with Crippen molar-refractivity contribution < 1.29 is 19.2 Å². The third kappa shape index (κ3) is 6.78. The standard InChI is InChI=1S/C22H23ClN4O5/c23-19-11-8-16(12-20(19)27(30)31)22(29)26-24-13-15-6-9-18(10-7-15)32-14-21(28)25-17-4-2-1-3-5-17/h6-13,17H,1-5,14H2,(H,25,28)(H,26,29)/b24-13-. The molecule has 1 aliphatic rings. The Balaban J connectivity index is 1.46. The summed E-state index contributed by atoms with van der Waals surface area (Å²) in [4.78, 5) is 34.4. The van der Waals surface area contributed by atoms with E-state index in [-0.39, 0.29) is 34.8 Å². The molecule has 168 valence electrons. The van der Waals surface area contributed by atoms with Gasteiger partial charge in [-0.1, -0.05) is 30.9 Å². The number of halogens is 1. The zero-order valence-corrected chi connectivity index (χ0v) is 18.0. The number of ether oxygens (including phenoxy) is 1. The van der Waals surface area contributed by atoms with Gasteiger partial charge in [-0.15, -0.1) is 0 Å². The van der Waals surface area contributed by atoms with Gasteiger partial charge < -0.3 is 10.1 Å². The van der Waals surface area contributed by atoms with Crippen molar-refractivity contribution in [3.05, 3.63) is 68.7 Å². The van der Waals surface area contributed by atoms with Gasteiger partial charge in [0.15, 0.2) is 6.61 Å². The van der Waals surface area contributed by atoms with E-state index >= 15 is 0 Å². The number of hydrogen-bond acceptors (Lipinski definition) is 6. The number of hydrogen-bond donors (Lipinski definition) is 2. The molecule has 32 heavy (non-hydrogen) atoms. The van der Waals surface area contributed by atoms with E-state index in [2.05, 4.69) is 15.8 Å². The van der Waals surface area contributed by atoms with Gasteiger partial charge in [0, 0.05) is 17.7 Å². The van der Waals surface area contributed by atoms with Gasteiger partial charge >= 0.3 is 0 Å². The molecule has 0 heterocycles. The summed E-state index contributed by atoms with van der Waals surface area (Å²) < 4.78 is 5.51. The number of benzene rings is 2. The van der Waals surface area contributed by atoms with E-state index in [9.17, 15) is 19.7 Å². The van der Waals surface area contributed by atoms with Crippen molar-refractivity contribution in [2.75, 3.05) is 6.61 Å². The van der Waals surface area contributed by atoms with Gasteiger partial charge in [0.1, 0.15) is 10.8 Å². The highest BCUT2D eigenvalue weighted by Crippen LogP contribution is 2.25. The summed E-state index contributed by atoms with van der Waals surface area (Å²) in [5.41, 5.74) is 2.70. The van der Waals surface area contributed by atoms with Gasteiger partial charge in [0.2, 0.25) is 0 Å². The van der Waals surface area contributed by atoms with Crippen LogP contribution in [0, 0.1) is 10.1 Å². The molecule has 0 spiro atoms. The summed E-state index contributed by atoms with van der Waals surface area (Å²) in [5, 5.41) is 17.7. The van der Waals surface area contributed by atoms with Gasteiger partial charge in [-0.2, -0.15) is 5.10 Å². The second-order valence-electron chi connectivity index (χ2n) is 7.38. The normalized spacial score (nSPS) is 14.2. The molecule has 0 aliphatic heterocycles. The fraction of sp³-hybridized carbons (Fsp3) is 0.318. The van der Waals surface area contributed by atoms with Crippen molar-refractivity contribution in [1.29, 1.82) is 0 Å². The van der Waals surface area contributed by atoms with E-state index in [0.717, 1.165) is 31.7 Å². The van der Waals surface area contributed by atoms with Gasteiger partial charge in [0.05, 0.1) is 11.1 Å². The zero-order valence-electron chi connectivity index (χ0n) is 17.3. The maximum absolute atomic E-state index is 12.1. The minimum Gasteiger partial charge on any atom is -0.484 e. The van der Waals surface area contributed by atoms with Crippen molar-refractivity contribution >= 4 is 35.3 Å². The smallest absolute Gasteiger partial charge is 0.288 e. The highest BCUT2D eigenvalue weighted by molar-refractivity contribution is 6.32. The summed E-state index contributed by atoms with van der Waals surface area (Å²) >= 11 is 5.74. The second-order valence-corrected chi connectivity index (χ2v) is 7.79. The lowest BCUT2D eigenvalue weighted by molar-refractivity contribution is -0.384. The minimum atomic E-state index is -0.661. The number of carbonyl (C=O) groups excluding carboxylic acids is 2. The molecule has 0 saturated heterocycles. The van der Waals surface area contributed by atoms with Crippen LogP contribution in [0.25, 0.3) is 0 Å². The third-order valence-corrected chi connectivity index (χ3v) is 5.32. The highest BCUT2D eigenvalue weighted by Gasteiger charge is 2.17. The van der Waals surface area contributed by atoms with Crippen LogP contribution in [0.5, 0.6) is 5.75 Å². The lowest BCUT2D eigenvalue weighted by Crippen LogP contribution is -2.38. The van der Waals surface area contributed by atoms with Crippen LogP contribution in [0.2, 0.25) is 5.02 Å². The second kappa shape index (κ2) is 11.2. The summed E-state index contributed by atoms with van der Waals surface area (Å²) in [6.45, 7) is -0.0484.